The molecule has 0 aromatic heterocycles. The van der Waals surface area contributed by atoms with Crippen LogP contribution in [0.3, 0.4) is 0 Å². The summed E-state index contributed by atoms with van der Waals surface area (Å²) in [4.78, 5) is 17.4. The number of benzene rings is 1. The van der Waals surface area contributed by atoms with Gasteiger partial charge >= 0.3 is 0 Å². The second-order valence-electron chi connectivity index (χ2n) is 7.09. The topological polar surface area (TPSA) is 54.0 Å². The van der Waals surface area contributed by atoms with Gasteiger partial charge in [0.25, 0.3) is 5.91 Å². The van der Waals surface area contributed by atoms with Gasteiger partial charge in [-0.1, -0.05) is 12.1 Å². The molecule has 144 valence electrons. The Kier molecular flexibility index (Phi) is 6.51. The molecule has 0 saturated carbocycles. The van der Waals surface area contributed by atoms with E-state index in [1.807, 2.05) is 24.0 Å². The number of piperazine rings is 1. The van der Waals surface area contributed by atoms with Crippen molar-refractivity contribution >= 4 is 5.91 Å². The van der Waals surface area contributed by atoms with Gasteiger partial charge in [0.2, 0.25) is 0 Å². The van der Waals surface area contributed by atoms with Crippen molar-refractivity contribution in [3.8, 4) is 5.75 Å². The van der Waals surface area contributed by atoms with Gasteiger partial charge in [-0.2, -0.15) is 0 Å². The highest BCUT2D eigenvalue weighted by Gasteiger charge is 2.42. The first-order chi connectivity index (χ1) is 12.7. The van der Waals surface area contributed by atoms with Gasteiger partial charge in [0.1, 0.15) is 11.4 Å². The van der Waals surface area contributed by atoms with E-state index >= 15 is 0 Å². The SMILES string of the molecule is CCOc1ccc(CN2CCN(C(=O)C3(OC)CCNCC3)CC2)cc1. The predicted molar refractivity (Wildman–Crippen MR) is 101 cm³/mol. The van der Waals surface area contributed by atoms with Crippen LogP contribution in [0.5, 0.6) is 5.75 Å². The van der Waals surface area contributed by atoms with Crippen LogP contribution in [0.25, 0.3) is 0 Å². The van der Waals surface area contributed by atoms with Gasteiger partial charge in [-0.25, -0.2) is 0 Å². The molecule has 0 bridgehead atoms. The molecule has 0 aliphatic carbocycles. The van der Waals surface area contributed by atoms with E-state index in [1.165, 1.54) is 5.56 Å². The Morgan fingerprint density at radius 1 is 1.12 bits per heavy atom. The molecule has 2 aliphatic heterocycles. The average Bonchev–Trinajstić information content (AvgIpc) is 2.70. The fraction of sp³-hybridized carbons (Fsp3) is 0.650. The fourth-order valence-electron chi connectivity index (χ4n) is 3.85. The Balaban J connectivity index is 1.51. The lowest BCUT2D eigenvalue weighted by Crippen LogP contribution is -2.59. The summed E-state index contributed by atoms with van der Waals surface area (Å²) in [5, 5.41) is 3.31. The van der Waals surface area contributed by atoms with E-state index in [-0.39, 0.29) is 5.91 Å². The Morgan fingerprint density at radius 2 is 1.77 bits per heavy atom. The van der Waals surface area contributed by atoms with E-state index in [2.05, 4.69) is 22.3 Å². The Bertz CT molecular complexity index is 576. The highest BCUT2D eigenvalue weighted by atomic mass is 16.5. The third-order valence-electron chi connectivity index (χ3n) is 5.49. The number of hydrogen-bond donors (Lipinski definition) is 1. The van der Waals surface area contributed by atoms with Crippen molar-refractivity contribution in [3.63, 3.8) is 0 Å². The summed E-state index contributed by atoms with van der Waals surface area (Å²) in [6.07, 6.45) is 1.52. The smallest absolute Gasteiger partial charge is 0.254 e. The molecule has 26 heavy (non-hydrogen) atoms. The maximum Gasteiger partial charge on any atom is 0.254 e. The highest BCUT2D eigenvalue weighted by molar-refractivity contribution is 5.85. The molecule has 2 saturated heterocycles. The molecule has 3 rings (SSSR count). The molecule has 1 aromatic rings. The van der Waals surface area contributed by atoms with Gasteiger partial charge in [-0.3, -0.25) is 9.69 Å². The summed E-state index contributed by atoms with van der Waals surface area (Å²) in [5.74, 6) is 1.08. The van der Waals surface area contributed by atoms with Crippen molar-refractivity contribution in [2.75, 3.05) is 53.0 Å². The number of methoxy groups -OCH3 is 1. The van der Waals surface area contributed by atoms with Gasteiger partial charge in [0.05, 0.1) is 6.61 Å². The maximum absolute atomic E-state index is 13.0. The lowest BCUT2D eigenvalue weighted by atomic mass is 9.90. The first kappa shape index (κ1) is 19.1. The first-order valence-corrected chi connectivity index (χ1v) is 9.66. The van der Waals surface area contributed by atoms with Crippen LogP contribution in [-0.2, 0) is 16.1 Å². The number of amides is 1. The quantitative estimate of drug-likeness (QED) is 0.832. The number of nitrogens with zero attached hydrogens (tertiary/aromatic N) is 2. The number of piperidine rings is 1. The van der Waals surface area contributed by atoms with Crippen molar-refractivity contribution in [2.45, 2.75) is 31.9 Å². The number of ether oxygens (including phenoxy) is 2. The van der Waals surface area contributed by atoms with Crippen LogP contribution in [0.2, 0.25) is 0 Å². The fourth-order valence-corrected chi connectivity index (χ4v) is 3.85. The Morgan fingerprint density at radius 3 is 2.35 bits per heavy atom. The molecule has 2 heterocycles. The van der Waals surface area contributed by atoms with Crippen LogP contribution >= 0.6 is 0 Å². The molecule has 2 aliphatic rings. The molecule has 0 spiro atoms. The van der Waals surface area contributed by atoms with Gasteiger partial charge in [0.15, 0.2) is 0 Å². The molecule has 1 aromatic carbocycles. The third kappa shape index (κ3) is 4.37. The molecule has 6 nitrogen and oxygen atoms in total. The number of nitrogens with one attached hydrogen (secondary N) is 1. The number of rotatable bonds is 6. The third-order valence-corrected chi connectivity index (χ3v) is 5.49. The van der Waals surface area contributed by atoms with Gasteiger partial charge in [-0.15, -0.1) is 0 Å². The van der Waals surface area contributed by atoms with Crippen molar-refractivity contribution in [3.05, 3.63) is 29.8 Å². The lowest BCUT2D eigenvalue weighted by Gasteiger charge is -2.42. The zero-order chi connectivity index (χ0) is 18.4. The van der Waals surface area contributed by atoms with E-state index < -0.39 is 5.60 Å². The molecule has 0 atom stereocenters. The van der Waals surface area contributed by atoms with Crippen LogP contribution < -0.4 is 10.1 Å². The van der Waals surface area contributed by atoms with Crippen molar-refractivity contribution in [1.29, 1.82) is 0 Å². The van der Waals surface area contributed by atoms with Crippen LogP contribution in [0.4, 0.5) is 0 Å². The number of carbonyl (C=O) groups excluding carboxylic acids is 1. The monoisotopic (exact) mass is 361 g/mol. The molecular formula is C20H31N3O3. The van der Waals surface area contributed by atoms with Crippen LogP contribution in [0.15, 0.2) is 24.3 Å². The van der Waals surface area contributed by atoms with E-state index in [0.717, 1.165) is 64.4 Å². The van der Waals surface area contributed by atoms with E-state index in [0.29, 0.717) is 6.61 Å². The average molecular weight is 361 g/mol. The second kappa shape index (κ2) is 8.84. The van der Waals surface area contributed by atoms with E-state index in [9.17, 15) is 4.79 Å². The summed E-state index contributed by atoms with van der Waals surface area (Å²) >= 11 is 0. The molecule has 2 fully saturated rings. The van der Waals surface area contributed by atoms with Crippen molar-refractivity contribution in [1.82, 2.24) is 15.1 Å². The molecule has 6 heteroatoms. The van der Waals surface area contributed by atoms with Gasteiger partial charge in [-0.05, 0) is 50.6 Å². The van der Waals surface area contributed by atoms with Crippen LogP contribution in [0.1, 0.15) is 25.3 Å². The molecule has 1 N–H and O–H groups in total. The van der Waals surface area contributed by atoms with Crippen molar-refractivity contribution in [2.24, 2.45) is 0 Å². The Hall–Kier alpha value is -1.63. The summed E-state index contributed by atoms with van der Waals surface area (Å²) in [7, 11) is 1.67. The minimum absolute atomic E-state index is 0.169. The zero-order valence-corrected chi connectivity index (χ0v) is 16.0. The Labute approximate surface area is 156 Å². The van der Waals surface area contributed by atoms with Gasteiger partial charge < -0.3 is 19.7 Å². The molecular weight excluding hydrogens is 330 g/mol. The summed E-state index contributed by atoms with van der Waals surface area (Å²) in [5.41, 5.74) is 0.655. The van der Waals surface area contributed by atoms with E-state index in [4.69, 9.17) is 9.47 Å². The number of hydrogen-bond acceptors (Lipinski definition) is 5. The minimum atomic E-state index is -0.622. The normalized spacial score (nSPS) is 20.8. The highest BCUT2D eigenvalue weighted by Crippen LogP contribution is 2.26. The molecule has 0 unspecified atom stereocenters. The van der Waals surface area contributed by atoms with Crippen LogP contribution in [0, 0.1) is 0 Å². The van der Waals surface area contributed by atoms with Crippen molar-refractivity contribution < 1.29 is 14.3 Å². The van der Waals surface area contributed by atoms with Crippen LogP contribution in [-0.4, -0.2) is 74.3 Å². The predicted octanol–water partition coefficient (Wildman–Crippen LogP) is 1.50. The minimum Gasteiger partial charge on any atom is -0.494 e. The molecule has 0 radical (unpaired) electrons. The maximum atomic E-state index is 13.0. The standard InChI is InChI=1S/C20H31N3O3/c1-3-26-18-6-4-17(5-7-18)16-22-12-14-23(15-13-22)19(24)20(25-2)8-10-21-11-9-20/h4-7,21H,3,8-16H2,1-2H3. The summed E-state index contributed by atoms with van der Waals surface area (Å²) in [6.45, 7) is 8.62. The first-order valence-electron chi connectivity index (χ1n) is 9.66. The zero-order valence-electron chi connectivity index (χ0n) is 16.0. The lowest BCUT2D eigenvalue weighted by molar-refractivity contribution is -0.160. The summed E-state index contributed by atoms with van der Waals surface area (Å²) < 4.78 is 11.2. The largest absolute Gasteiger partial charge is 0.494 e. The second-order valence-corrected chi connectivity index (χ2v) is 7.09. The van der Waals surface area contributed by atoms with E-state index in [1.54, 1.807) is 7.11 Å². The van der Waals surface area contributed by atoms with Gasteiger partial charge in [0, 0.05) is 39.8 Å². The molecule has 1 amide bonds. The summed E-state index contributed by atoms with van der Waals surface area (Å²) in [6, 6.07) is 8.30. The number of carbonyl (C=O) groups is 1.